The van der Waals surface area contributed by atoms with Crippen LogP contribution in [0.2, 0.25) is 0 Å². The van der Waals surface area contributed by atoms with Crippen molar-refractivity contribution in [1.29, 1.82) is 0 Å². The molecular weight excluding hydrogens is 264 g/mol. The van der Waals surface area contributed by atoms with Crippen molar-refractivity contribution in [1.82, 2.24) is 9.88 Å². The van der Waals surface area contributed by atoms with Crippen molar-refractivity contribution < 1.29 is 9.52 Å². The molecule has 1 N–H and O–H groups in total. The number of nitrogens with zero attached hydrogens (tertiary/aromatic N) is 2. The van der Waals surface area contributed by atoms with Gasteiger partial charge in [-0.3, -0.25) is 4.90 Å². The van der Waals surface area contributed by atoms with E-state index in [2.05, 4.69) is 9.88 Å². The Kier molecular flexibility index (Phi) is 4.08. The zero-order valence-electron chi connectivity index (χ0n) is 12.5. The fourth-order valence-corrected chi connectivity index (χ4v) is 2.79. The van der Waals surface area contributed by atoms with E-state index < -0.39 is 5.60 Å². The third-order valence-electron chi connectivity index (χ3n) is 4.13. The van der Waals surface area contributed by atoms with E-state index in [9.17, 15) is 5.11 Å². The molecule has 0 saturated carbocycles. The lowest BCUT2D eigenvalue weighted by Crippen LogP contribution is -2.28. The van der Waals surface area contributed by atoms with Crippen molar-refractivity contribution in [3.63, 3.8) is 0 Å². The summed E-state index contributed by atoms with van der Waals surface area (Å²) in [6, 6.07) is 10.0. The van der Waals surface area contributed by atoms with Gasteiger partial charge in [0.15, 0.2) is 5.76 Å². The molecule has 21 heavy (non-hydrogen) atoms. The Morgan fingerprint density at radius 3 is 2.86 bits per heavy atom. The maximum absolute atomic E-state index is 10.1. The van der Waals surface area contributed by atoms with Gasteiger partial charge in [0.1, 0.15) is 0 Å². The summed E-state index contributed by atoms with van der Waals surface area (Å²) in [5.74, 6) is 1.56. The molecule has 1 saturated heterocycles. The van der Waals surface area contributed by atoms with Gasteiger partial charge >= 0.3 is 0 Å². The molecular formula is C17H22N2O2. The Bertz CT molecular complexity index is 577. The molecule has 0 amide bonds. The highest BCUT2D eigenvalue weighted by atomic mass is 16.4. The number of oxazole rings is 1. The van der Waals surface area contributed by atoms with E-state index in [0.717, 1.165) is 49.6 Å². The summed E-state index contributed by atoms with van der Waals surface area (Å²) in [4.78, 5) is 6.69. The second-order valence-electron chi connectivity index (χ2n) is 6.11. The quantitative estimate of drug-likeness (QED) is 0.942. The van der Waals surface area contributed by atoms with Gasteiger partial charge in [0.25, 0.3) is 0 Å². The number of likely N-dealkylation sites (tertiary alicyclic amines) is 1. The molecule has 4 heteroatoms. The molecule has 4 nitrogen and oxygen atoms in total. The molecule has 2 heterocycles. The van der Waals surface area contributed by atoms with Gasteiger partial charge in [-0.15, -0.1) is 0 Å². The van der Waals surface area contributed by atoms with Crippen molar-refractivity contribution in [2.24, 2.45) is 0 Å². The van der Waals surface area contributed by atoms with E-state index in [1.807, 2.05) is 37.3 Å². The number of benzene rings is 1. The van der Waals surface area contributed by atoms with Gasteiger partial charge in [-0.2, -0.15) is 0 Å². The van der Waals surface area contributed by atoms with Crippen LogP contribution >= 0.6 is 0 Å². The molecule has 0 radical (unpaired) electrons. The summed E-state index contributed by atoms with van der Waals surface area (Å²) < 4.78 is 5.85. The summed E-state index contributed by atoms with van der Waals surface area (Å²) in [5.41, 5.74) is 0.524. The van der Waals surface area contributed by atoms with E-state index in [0.29, 0.717) is 6.54 Å². The summed E-state index contributed by atoms with van der Waals surface area (Å²) in [6.07, 6.45) is 4.47. The Hall–Kier alpha value is -1.65. The minimum Gasteiger partial charge on any atom is -0.439 e. The van der Waals surface area contributed by atoms with E-state index in [1.54, 1.807) is 6.20 Å². The fraction of sp³-hybridized carbons (Fsp3) is 0.471. The van der Waals surface area contributed by atoms with E-state index >= 15 is 0 Å². The molecule has 1 fully saturated rings. The Morgan fingerprint density at radius 1 is 1.24 bits per heavy atom. The molecule has 1 atom stereocenters. The van der Waals surface area contributed by atoms with Crippen LogP contribution in [0.4, 0.5) is 0 Å². The fourth-order valence-electron chi connectivity index (χ4n) is 2.79. The molecule has 1 aromatic heterocycles. The van der Waals surface area contributed by atoms with Crippen LogP contribution < -0.4 is 0 Å². The third kappa shape index (κ3) is 3.71. The Labute approximate surface area is 125 Å². The van der Waals surface area contributed by atoms with Gasteiger partial charge < -0.3 is 9.52 Å². The monoisotopic (exact) mass is 286 g/mol. The van der Waals surface area contributed by atoms with Crippen LogP contribution in [0.1, 0.15) is 32.1 Å². The zero-order chi connectivity index (χ0) is 14.7. The van der Waals surface area contributed by atoms with Crippen LogP contribution in [0.25, 0.3) is 11.3 Å². The molecule has 0 spiro atoms. The number of hydrogen-bond acceptors (Lipinski definition) is 4. The maximum Gasteiger partial charge on any atom is 0.209 e. The Morgan fingerprint density at radius 2 is 2.05 bits per heavy atom. The second-order valence-corrected chi connectivity index (χ2v) is 6.11. The van der Waals surface area contributed by atoms with Gasteiger partial charge in [0, 0.05) is 12.1 Å². The van der Waals surface area contributed by atoms with Crippen LogP contribution in [0, 0.1) is 0 Å². The molecule has 3 rings (SSSR count). The Balaban J connectivity index is 1.65. The average Bonchev–Trinajstić information content (AvgIpc) is 2.87. The van der Waals surface area contributed by atoms with Crippen LogP contribution in [0.3, 0.4) is 0 Å². The van der Waals surface area contributed by atoms with Gasteiger partial charge in [0.2, 0.25) is 5.89 Å². The van der Waals surface area contributed by atoms with Crippen molar-refractivity contribution >= 4 is 0 Å². The summed E-state index contributed by atoms with van der Waals surface area (Å²) in [6.45, 7) is 4.51. The highest BCUT2D eigenvalue weighted by Gasteiger charge is 2.25. The lowest BCUT2D eigenvalue weighted by molar-refractivity contribution is 0.0441. The number of hydrogen-bond donors (Lipinski definition) is 1. The molecule has 1 aliphatic heterocycles. The van der Waals surface area contributed by atoms with Crippen LogP contribution in [0.15, 0.2) is 40.9 Å². The third-order valence-corrected chi connectivity index (χ3v) is 4.13. The second kappa shape index (κ2) is 6.00. The average molecular weight is 286 g/mol. The van der Waals surface area contributed by atoms with Crippen LogP contribution in [-0.4, -0.2) is 33.7 Å². The number of aliphatic hydroxyl groups is 1. The lowest BCUT2D eigenvalue weighted by atomic mass is 9.98. The van der Waals surface area contributed by atoms with Gasteiger partial charge in [-0.25, -0.2) is 4.98 Å². The minimum atomic E-state index is -0.527. The van der Waals surface area contributed by atoms with E-state index in [1.165, 1.54) is 0 Å². The molecule has 0 aliphatic carbocycles. The largest absolute Gasteiger partial charge is 0.439 e. The van der Waals surface area contributed by atoms with Crippen LogP contribution in [0.5, 0.6) is 0 Å². The normalized spacial score (nSPS) is 23.9. The predicted octanol–water partition coefficient (Wildman–Crippen LogP) is 3.08. The molecule has 1 unspecified atom stereocenters. The van der Waals surface area contributed by atoms with Crippen LogP contribution in [-0.2, 0) is 6.54 Å². The highest BCUT2D eigenvalue weighted by Crippen LogP contribution is 2.24. The van der Waals surface area contributed by atoms with Crippen molar-refractivity contribution in [3.8, 4) is 11.3 Å². The first-order valence-corrected chi connectivity index (χ1v) is 7.57. The van der Waals surface area contributed by atoms with Crippen molar-refractivity contribution in [2.75, 3.05) is 13.1 Å². The van der Waals surface area contributed by atoms with Gasteiger partial charge in [0.05, 0.1) is 18.3 Å². The molecule has 1 aliphatic rings. The zero-order valence-corrected chi connectivity index (χ0v) is 12.5. The first-order chi connectivity index (χ1) is 10.1. The summed E-state index contributed by atoms with van der Waals surface area (Å²) in [5, 5.41) is 10.1. The van der Waals surface area contributed by atoms with Crippen molar-refractivity contribution in [2.45, 2.75) is 38.3 Å². The summed E-state index contributed by atoms with van der Waals surface area (Å²) in [7, 11) is 0. The summed E-state index contributed by atoms with van der Waals surface area (Å²) >= 11 is 0. The maximum atomic E-state index is 10.1. The smallest absolute Gasteiger partial charge is 0.209 e. The molecule has 112 valence electrons. The SMILES string of the molecule is CC1(O)CCCN(Cc2ncc(-c3ccccc3)o2)CC1. The van der Waals surface area contributed by atoms with E-state index in [4.69, 9.17) is 4.42 Å². The molecule has 2 aromatic rings. The highest BCUT2D eigenvalue weighted by molar-refractivity contribution is 5.55. The molecule has 0 bridgehead atoms. The topological polar surface area (TPSA) is 49.5 Å². The minimum absolute atomic E-state index is 0.527. The lowest BCUT2D eigenvalue weighted by Gasteiger charge is -2.21. The standard InChI is InChI=1S/C17H22N2O2/c1-17(20)8-5-10-19(11-9-17)13-16-18-12-15(21-16)14-6-3-2-4-7-14/h2-4,6-7,12,20H,5,8-11,13H2,1H3. The first kappa shape index (κ1) is 14.3. The number of rotatable bonds is 3. The molecule has 1 aromatic carbocycles. The first-order valence-electron chi connectivity index (χ1n) is 7.57. The van der Waals surface area contributed by atoms with Gasteiger partial charge in [-0.1, -0.05) is 30.3 Å². The van der Waals surface area contributed by atoms with E-state index in [-0.39, 0.29) is 0 Å². The van der Waals surface area contributed by atoms with Gasteiger partial charge in [-0.05, 0) is 32.7 Å². The predicted molar refractivity (Wildman–Crippen MR) is 81.7 cm³/mol. The number of aromatic nitrogens is 1. The van der Waals surface area contributed by atoms with Crippen molar-refractivity contribution in [3.05, 3.63) is 42.4 Å².